The van der Waals surface area contributed by atoms with Crippen molar-refractivity contribution in [3.63, 3.8) is 0 Å². The fourth-order valence-corrected chi connectivity index (χ4v) is 5.36. The molecule has 0 saturated heterocycles. The monoisotopic (exact) mass is 513 g/mol. The molecule has 2 heteroatoms. The molecule has 7 aromatic rings. The number of rotatable bonds is 6. The quantitative estimate of drug-likeness (QED) is 0.220. The van der Waals surface area contributed by atoms with E-state index in [2.05, 4.69) is 144 Å². The van der Waals surface area contributed by atoms with Crippen molar-refractivity contribution >= 4 is 28.0 Å². The molecule has 0 aliphatic rings. The number of benzene rings is 6. The zero-order valence-electron chi connectivity index (χ0n) is 21.9. The van der Waals surface area contributed by atoms with Crippen LogP contribution in [-0.4, -0.2) is 0 Å². The van der Waals surface area contributed by atoms with Gasteiger partial charge in [-0.3, -0.25) is 0 Å². The first-order chi connectivity index (χ1) is 19.8. The van der Waals surface area contributed by atoms with Crippen LogP contribution in [0.15, 0.2) is 168 Å². The highest BCUT2D eigenvalue weighted by Gasteiger charge is 2.18. The van der Waals surface area contributed by atoms with Crippen LogP contribution < -0.4 is 4.90 Å². The van der Waals surface area contributed by atoms with Crippen LogP contribution in [0, 0.1) is 0 Å². The van der Waals surface area contributed by atoms with Gasteiger partial charge in [0.15, 0.2) is 0 Å². The molecule has 0 aliphatic heterocycles. The van der Waals surface area contributed by atoms with Crippen LogP contribution in [0.4, 0.5) is 17.1 Å². The molecule has 0 amide bonds. The summed E-state index contributed by atoms with van der Waals surface area (Å²) >= 11 is 0. The number of anilines is 3. The third-order valence-electron chi connectivity index (χ3n) is 7.28. The maximum absolute atomic E-state index is 6.57. The Balaban J connectivity index is 1.30. The molecule has 7 rings (SSSR count). The van der Waals surface area contributed by atoms with Crippen molar-refractivity contribution in [3.8, 4) is 33.6 Å². The average Bonchev–Trinajstić information content (AvgIpc) is 3.42. The summed E-state index contributed by atoms with van der Waals surface area (Å²) in [5.74, 6) is 0.899. The third kappa shape index (κ3) is 4.46. The van der Waals surface area contributed by atoms with E-state index in [0.29, 0.717) is 0 Å². The van der Waals surface area contributed by atoms with Crippen molar-refractivity contribution in [2.45, 2.75) is 0 Å². The summed E-state index contributed by atoms with van der Waals surface area (Å²) in [4.78, 5) is 2.28. The molecule has 40 heavy (non-hydrogen) atoms. The smallest absolute Gasteiger partial charge is 0.143 e. The zero-order valence-corrected chi connectivity index (χ0v) is 21.9. The minimum absolute atomic E-state index is 0.884. The number of para-hydroxylation sites is 2. The van der Waals surface area contributed by atoms with E-state index in [4.69, 9.17) is 4.42 Å². The fraction of sp³-hybridized carbons (Fsp3) is 0. The molecule has 190 valence electrons. The first-order valence-corrected chi connectivity index (χ1v) is 13.5. The topological polar surface area (TPSA) is 16.4 Å². The molecule has 2 nitrogen and oxygen atoms in total. The molecule has 0 aliphatic carbocycles. The Morgan fingerprint density at radius 3 is 1.43 bits per heavy atom. The fourth-order valence-electron chi connectivity index (χ4n) is 5.36. The summed E-state index contributed by atoms with van der Waals surface area (Å²) in [6, 6.07) is 57.1. The third-order valence-corrected chi connectivity index (χ3v) is 7.28. The van der Waals surface area contributed by atoms with Crippen molar-refractivity contribution in [1.29, 1.82) is 0 Å². The van der Waals surface area contributed by atoms with Gasteiger partial charge in [-0.05, 0) is 65.2 Å². The molecule has 0 atom stereocenters. The Bertz CT molecular complexity index is 1820. The standard InChI is InChI=1S/C38H27NO/c1-5-13-29(14-6-1)37-35-26-23-31(27-36(35)40-38(37)30-15-7-2-8-16-30)28-21-24-34(25-22-28)39(32-17-9-3-10-18-32)33-19-11-4-12-20-33/h1-27H. The molecule has 0 radical (unpaired) electrons. The Kier molecular flexibility index (Phi) is 6.20. The largest absolute Gasteiger partial charge is 0.455 e. The van der Waals surface area contributed by atoms with Gasteiger partial charge in [0.25, 0.3) is 0 Å². The summed E-state index contributed by atoms with van der Waals surface area (Å²) in [5.41, 5.74) is 9.87. The van der Waals surface area contributed by atoms with Gasteiger partial charge >= 0.3 is 0 Å². The minimum Gasteiger partial charge on any atom is -0.455 e. The second-order valence-corrected chi connectivity index (χ2v) is 9.80. The molecule has 0 unspecified atom stereocenters. The molecular weight excluding hydrogens is 486 g/mol. The molecule has 1 heterocycles. The Morgan fingerprint density at radius 2 is 0.850 bits per heavy atom. The van der Waals surface area contributed by atoms with E-state index in [-0.39, 0.29) is 0 Å². The van der Waals surface area contributed by atoms with E-state index in [1.54, 1.807) is 0 Å². The summed E-state index contributed by atoms with van der Waals surface area (Å²) in [5, 5.41) is 1.12. The summed E-state index contributed by atoms with van der Waals surface area (Å²) in [6.45, 7) is 0. The summed E-state index contributed by atoms with van der Waals surface area (Å²) < 4.78 is 6.57. The molecular formula is C38H27NO. The van der Waals surface area contributed by atoms with Crippen LogP contribution in [0.3, 0.4) is 0 Å². The van der Waals surface area contributed by atoms with E-state index in [0.717, 1.165) is 61.6 Å². The van der Waals surface area contributed by atoms with Gasteiger partial charge in [-0.1, -0.05) is 115 Å². The van der Waals surface area contributed by atoms with Gasteiger partial charge < -0.3 is 9.32 Å². The lowest BCUT2D eigenvalue weighted by molar-refractivity contribution is 0.632. The molecule has 6 aromatic carbocycles. The molecule has 0 saturated carbocycles. The molecule has 1 aromatic heterocycles. The van der Waals surface area contributed by atoms with Crippen LogP contribution in [0.25, 0.3) is 44.5 Å². The van der Waals surface area contributed by atoms with Gasteiger partial charge in [0.1, 0.15) is 11.3 Å². The summed E-state index contributed by atoms with van der Waals surface area (Å²) in [7, 11) is 0. The first-order valence-electron chi connectivity index (χ1n) is 13.5. The van der Waals surface area contributed by atoms with E-state index in [1.165, 1.54) is 0 Å². The van der Waals surface area contributed by atoms with Crippen LogP contribution in [0.1, 0.15) is 0 Å². The number of nitrogens with zero attached hydrogens (tertiary/aromatic N) is 1. The second kappa shape index (κ2) is 10.4. The van der Waals surface area contributed by atoms with Gasteiger partial charge in [0.05, 0.1) is 0 Å². The van der Waals surface area contributed by atoms with Crippen molar-refractivity contribution in [1.82, 2.24) is 0 Å². The predicted octanol–water partition coefficient (Wildman–Crippen LogP) is 10.9. The maximum Gasteiger partial charge on any atom is 0.143 e. The van der Waals surface area contributed by atoms with Crippen LogP contribution in [0.2, 0.25) is 0 Å². The highest BCUT2D eigenvalue weighted by Crippen LogP contribution is 2.42. The van der Waals surface area contributed by atoms with Crippen LogP contribution in [-0.2, 0) is 0 Å². The van der Waals surface area contributed by atoms with E-state index < -0.39 is 0 Å². The Hall–Kier alpha value is -5.34. The molecule has 0 N–H and O–H groups in total. The van der Waals surface area contributed by atoms with Gasteiger partial charge in [-0.2, -0.15) is 0 Å². The summed E-state index contributed by atoms with van der Waals surface area (Å²) in [6.07, 6.45) is 0. The molecule has 0 spiro atoms. The van der Waals surface area contributed by atoms with Gasteiger partial charge in [-0.15, -0.1) is 0 Å². The SMILES string of the molecule is c1ccc(-c2oc3cc(-c4ccc(N(c5ccccc5)c5ccccc5)cc4)ccc3c2-c2ccccc2)cc1. The van der Waals surface area contributed by atoms with E-state index in [9.17, 15) is 0 Å². The van der Waals surface area contributed by atoms with Crippen molar-refractivity contribution < 1.29 is 4.42 Å². The van der Waals surface area contributed by atoms with Gasteiger partial charge in [0.2, 0.25) is 0 Å². The van der Waals surface area contributed by atoms with Gasteiger partial charge in [0, 0.05) is 33.6 Å². The maximum atomic E-state index is 6.57. The highest BCUT2D eigenvalue weighted by molar-refractivity contribution is 6.03. The number of hydrogen-bond donors (Lipinski definition) is 0. The Labute approximate surface area is 234 Å². The Morgan fingerprint density at radius 1 is 0.375 bits per heavy atom. The van der Waals surface area contributed by atoms with Gasteiger partial charge in [-0.25, -0.2) is 0 Å². The average molecular weight is 514 g/mol. The lowest BCUT2D eigenvalue weighted by Crippen LogP contribution is -2.09. The molecule has 0 fully saturated rings. The number of hydrogen-bond acceptors (Lipinski definition) is 2. The minimum atomic E-state index is 0.884. The molecule has 0 bridgehead atoms. The normalized spacial score (nSPS) is 11.0. The zero-order chi connectivity index (χ0) is 26.7. The predicted molar refractivity (Wildman–Crippen MR) is 167 cm³/mol. The first kappa shape index (κ1) is 23.8. The van der Waals surface area contributed by atoms with Crippen molar-refractivity contribution in [3.05, 3.63) is 164 Å². The van der Waals surface area contributed by atoms with E-state index in [1.807, 2.05) is 24.3 Å². The lowest BCUT2D eigenvalue weighted by atomic mass is 9.97. The number of furan rings is 1. The van der Waals surface area contributed by atoms with Crippen LogP contribution >= 0.6 is 0 Å². The van der Waals surface area contributed by atoms with Crippen LogP contribution in [0.5, 0.6) is 0 Å². The van der Waals surface area contributed by atoms with Crippen molar-refractivity contribution in [2.24, 2.45) is 0 Å². The van der Waals surface area contributed by atoms with E-state index >= 15 is 0 Å². The lowest BCUT2D eigenvalue weighted by Gasteiger charge is -2.25. The second-order valence-electron chi connectivity index (χ2n) is 9.80. The highest BCUT2D eigenvalue weighted by atomic mass is 16.3. The number of fused-ring (bicyclic) bond motifs is 1. The van der Waals surface area contributed by atoms with Crippen molar-refractivity contribution in [2.75, 3.05) is 4.90 Å².